The molecule has 1 unspecified atom stereocenters. The van der Waals surface area contributed by atoms with Gasteiger partial charge in [0.2, 0.25) is 0 Å². The van der Waals surface area contributed by atoms with Crippen molar-refractivity contribution in [2.75, 3.05) is 26.3 Å². The molecule has 13 heavy (non-hydrogen) atoms. The fraction of sp³-hybridized carbons (Fsp3) is 1.00. The predicted molar refractivity (Wildman–Crippen MR) is 53.7 cm³/mol. The fourth-order valence-corrected chi connectivity index (χ4v) is 2.50. The van der Waals surface area contributed by atoms with E-state index in [-0.39, 0.29) is 0 Å². The van der Waals surface area contributed by atoms with Crippen LogP contribution in [0.15, 0.2) is 0 Å². The van der Waals surface area contributed by atoms with Crippen molar-refractivity contribution in [2.24, 2.45) is 11.8 Å². The Morgan fingerprint density at radius 3 is 2.62 bits per heavy atom. The Kier molecular flexibility index (Phi) is 2.89. The zero-order chi connectivity index (χ0) is 9.26. The summed E-state index contributed by atoms with van der Waals surface area (Å²) >= 11 is 0. The maximum Gasteiger partial charge on any atom is 0.0593 e. The van der Waals surface area contributed by atoms with Crippen molar-refractivity contribution in [3.63, 3.8) is 0 Å². The van der Waals surface area contributed by atoms with Crippen LogP contribution in [0.4, 0.5) is 0 Å². The molecule has 0 bridgehead atoms. The van der Waals surface area contributed by atoms with Gasteiger partial charge in [-0.2, -0.15) is 0 Å². The van der Waals surface area contributed by atoms with Crippen LogP contribution < -0.4 is 0 Å². The average molecular weight is 183 g/mol. The lowest BCUT2D eigenvalue weighted by atomic mass is 9.80. The van der Waals surface area contributed by atoms with Crippen LogP contribution in [0, 0.1) is 11.8 Å². The Morgan fingerprint density at radius 2 is 1.92 bits per heavy atom. The van der Waals surface area contributed by atoms with Crippen molar-refractivity contribution < 1.29 is 4.74 Å². The van der Waals surface area contributed by atoms with Gasteiger partial charge >= 0.3 is 0 Å². The smallest absolute Gasteiger partial charge is 0.0593 e. The quantitative estimate of drug-likeness (QED) is 0.614. The van der Waals surface area contributed by atoms with Gasteiger partial charge in [0.25, 0.3) is 0 Å². The SMILES string of the molecule is CC1CC(N2CCOCC(C)C2)C1. The number of hydrogen-bond acceptors (Lipinski definition) is 2. The van der Waals surface area contributed by atoms with E-state index < -0.39 is 0 Å². The first-order valence-corrected chi connectivity index (χ1v) is 5.57. The minimum absolute atomic E-state index is 0.721. The van der Waals surface area contributed by atoms with E-state index in [9.17, 15) is 0 Å². The van der Waals surface area contributed by atoms with Crippen molar-refractivity contribution in [2.45, 2.75) is 32.7 Å². The molecule has 0 spiro atoms. The molecule has 1 aliphatic heterocycles. The maximum atomic E-state index is 5.54. The molecule has 1 heterocycles. The second kappa shape index (κ2) is 3.97. The largest absolute Gasteiger partial charge is 0.380 e. The van der Waals surface area contributed by atoms with E-state index >= 15 is 0 Å². The summed E-state index contributed by atoms with van der Waals surface area (Å²) in [4.78, 5) is 2.64. The minimum atomic E-state index is 0.721. The highest BCUT2D eigenvalue weighted by Crippen LogP contribution is 2.31. The lowest BCUT2D eigenvalue weighted by Gasteiger charge is -2.41. The Bertz CT molecular complexity index is 165. The first kappa shape index (κ1) is 9.47. The Morgan fingerprint density at radius 1 is 1.15 bits per heavy atom. The standard InChI is InChI=1S/C11H21NO/c1-9-5-11(6-9)12-3-4-13-8-10(2)7-12/h9-11H,3-8H2,1-2H3. The summed E-state index contributed by atoms with van der Waals surface area (Å²) in [6.07, 6.45) is 2.82. The molecule has 2 nitrogen and oxygen atoms in total. The fourth-order valence-electron chi connectivity index (χ4n) is 2.50. The minimum Gasteiger partial charge on any atom is -0.380 e. The number of hydrogen-bond donors (Lipinski definition) is 0. The zero-order valence-electron chi connectivity index (χ0n) is 8.83. The molecule has 0 amide bonds. The zero-order valence-corrected chi connectivity index (χ0v) is 8.83. The first-order valence-electron chi connectivity index (χ1n) is 5.57. The molecule has 1 saturated heterocycles. The molecule has 0 N–H and O–H groups in total. The van der Waals surface area contributed by atoms with Crippen molar-refractivity contribution in [1.82, 2.24) is 4.90 Å². The summed E-state index contributed by atoms with van der Waals surface area (Å²) in [7, 11) is 0. The molecular weight excluding hydrogens is 162 g/mol. The van der Waals surface area contributed by atoms with E-state index in [0.717, 1.165) is 37.6 Å². The summed E-state index contributed by atoms with van der Waals surface area (Å²) < 4.78 is 5.54. The van der Waals surface area contributed by atoms with Crippen LogP contribution in [0.5, 0.6) is 0 Å². The lowest BCUT2D eigenvalue weighted by Crippen LogP contribution is -2.46. The normalized spacial score (nSPS) is 42.5. The molecule has 1 aliphatic carbocycles. The third-order valence-corrected chi connectivity index (χ3v) is 3.34. The number of ether oxygens (including phenoxy) is 1. The van der Waals surface area contributed by atoms with Crippen LogP contribution in [0.2, 0.25) is 0 Å². The first-order chi connectivity index (χ1) is 6.25. The van der Waals surface area contributed by atoms with Gasteiger partial charge in [0.1, 0.15) is 0 Å². The molecule has 0 aromatic carbocycles. The molecule has 2 rings (SSSR count). The van der Waals surface area contributed by atoms with E-state index in [1.54, 1.807) is 0 Å². The van der Waals surface area contributed by atoms with Gasteiger partial charge in [-0.3, -0.25) is 4.90 Å². The monoisotopic (exact) mass is 183 g/mol. The summed E-state index contributed by atoms with van der Waals surface area (Å²) in [5.74, 6) is 1.68. The van der Waals surface area contributed by atoms with Gasteiger partial charge in [-0.15, -0.1) is 0 Å². The summed E-state index contributed by atoms with van der Waals surface area (Å²) in [5, 5.41) is 0. The maximum absolute atomic E-state index is 5.54. The molecule has 0 aromatic rings. The summed E-state index contributed by atoms with van der Waals surface area (Å²) in [6.45, 7) is 8.95. The highest BCUT2D eigenvalue weighted by molar-refractivity contribution is 4.86. The lowest BCUT2D eigenvalue weighted by molar-refractivity contribution is 0.0767. The van der Waals surface area contributed by atoms with Crippen LogP contribution in [0.25, 0.3) is 0 Å². The molecule has 2 aliphatic rings. The molecule has 2 heteroatoms. The third kappa shape index (κ3) is 2.23. The summed E-state index contributed by atoms with van der Waals surface area (Å²) in [6, 6.07) is 0.874. The van der Waals surface area contributed by atoms with Gasteiger partial charge < -0.3 is 4.74 Å². The van der Waals surface area contributed by atoms with Crippen molar-refractivity contribution in [3.05, 3.63) is 0 Å². The van der Waals surface area contributed by atoms with Crippen molar-refractivity contribution in [3.8, 4) is 0 Å². The van der Waals surface area contributed by atoms with Gasteiger partial charge in [0, 0.05) is 19.1 Å². The number of rotatable bonds is 1. The highest BCUT2D eigenvalue weighted by Gasteiger charge is 2.31. The third-order valence-electron chi connectivity index (χ3n) is 3.34. The predicted octanol–water partition coefficient (Wildman–Crippen LogP) is 1.75. The second-order valence-corrected chi connectivity index (χ2v) is 4.91. The van der Waals surface area contributed by atoms with Crippen molar-refractivity contribution >= 4 is 0 Å². The van der Waals surface area contributed by atoms with Crippen molar-refractivity contribution in [1.29, 1.82) is 0 Å². The van der Waals surface area contributed by atoms with Crippen LogP contribution in [-0.4, -0.2) is 37.2 Å². The van der Waals surface area contributed by atoms with E-state index in [0.29, 0.717) is 0 Å². The van der Waals surface area contributed by atoms with Gasteiger partial charge in [0.05, 0.1) is 13.2 Å². The van der Waals surface area contributed by atoms with Gasteiger partial charge in [-0.05, 0) is 24.7 Å². The van der Waals surface area contributed by atoms with E-state index in [4.69, 9.17) is 4.74 Å². The van der Waals surface area contributed by atoms with Crippen LogP contribution in [0.1, 0.15) is 26.7 Å². The van der Waals surface area contributed by atoms with E-state index in [1.807, 2.05) is 0 Å². The molecule has 0 radical (unpaired) electrons. The molecule has 1 atom stereocenters. The second-order valence-electron chi connectivity index (χ2n) is 4.91. The summed E-state index contributed by atoms with van der Waals surface area (Å²) in [5.41, 5.74) is 0. The van der Waals surface area contributed by atoms with Crippen LogP contribution in [-0.2, 0) is 4.74 Å². The Balaban J connectivity index is 1.83. The van der Waals surface area contributed by atoms with Crippen LogP contribution in [0.3, 0.4) is 0 Å². The Hall–Kier alpha value is -0.0800. The van der Waals surface area contributed by atoms with Gasteiger partial charge in [-0.1, -0.05) is 13.8 Å². The average Bonchev–Trinajstić information content (AvgIpc) is 2.24. The molecule has 76 valence electrons. The molecule has 2 fully saturated rings. The van der Waals surface area contributed by atoms with Crippen LogP contribution >= 0.6 is 0 Å². The molecule has 1 saturated carbocycles. The van der Waals surface area contributed by atoms with Gasteiger partial charge in [-0.25, -0.2) is 0 Å². The molecule has 0 aromatic heterocycles. The topological polar surface area (TPSA) is 12.5 Å². The number of nitrogens with zero attached hydrogens (tertiary/aromatic N) is 1. The Labute approximate surface area is 81.3 Å². The van der Waals surface area contributed by atoms with E-state index in [2.05, 4.69) is 18.7 Å². The highest BCUT2D eigenvalue weighted by atomic mass is 16.5. The van der Waals surface area contributed by atoms with E-state index in [1.165, 1.54) is 19.4 Å². The molecular formula is C11H21NO. The van der Waals surface area contributed by atoms with Gasteiger partial charge in [0.15, 0.2) is 0 Å².